The van der Waals surface area contributed by atoms with E-state index in [1.807, 2.05) is 0 Å². The number of halogens is 1. The van der Waals surface area contributed by atoms with Crippen LogP contribution in [0.5, 0.6) is 11.5 Å². The van der Waals surface area contributed by atoms with Gasteiger partial charge in [-0.15, -0.1) is 0 Å². The Bertz CT molecular complexity index is 336. The highest BCUT2D eigenvalue weighted by atomic mass is 79.9. The first kappa shape index (κ1) is 10.1. The Kier molecular flexibility index (Phi) is 2.93. The number of aromatic hydroxyl groups is 2. The molecule has 0 aromatic heterocycles. The van der Waals surface area contributed by atoms with Gasteiger partial charge in [0.1, 0.15) is 5.78 Å². The summed E-state index contributed by atoms with van der Waals surface area (Å²) >= 11 is 3.17. The second kappa shape index (κ2) is 3.79. The molecule has 70 valence electrons. The minimum atomic E-state index is -0.431. The van der Waals surface area contributed by atoms with Crippen molar-refractivity contribution in [1.82, 2.24) is 0 Å². The van der Waals surface area contributed by atoms with E-state index in [9.17, 15) is 4.79 Å². The molecule has 0 amide bonds. The van der Waals surface area contributed by atoms with Crippen LogP contribution in [0.15, 0.2) is 18.2 Å². The smallest absolute Gasteiger partial charge is 0.157 e. The molecule has 0 bridgehead atoms. The van der Waals surface area contributed by atoms with Crippen LogP contribution in [-0.2, 0) is 4.79 Å². The van der Waals surface area contributed by atoms with Crippen LogP contribution in [0.25, 0.3) is 0 Å². The lowest BCUT2D eigenvalue weighted by Gasteiger charge is -2.06. The summed E-state index contributed by atoms with van der Waals surface area (Å²) in [6.07, 6.45) is 0. The third-order valence-corrected chi connectivity index (χ3v) is 2.82. The van der Waals surface area contributed by atoms with Crippen molar-refractivity contribution >= 4 is 21.7 Å². The molecule has 0 saturated heterocycles. The normalized spacial score (nSPS) is 12.5. The minimum absolute atomic E-state index is 0.0508. The van der Waals surface area contributed by atoms with Crippen molar-refractivity contribution in [3.63, 3.8) is 0 Å². The third-order valence-electron chi connectivity index (χ3n) is 1.65. The maximum absolute atomic E-state index is 10.9. The SMILES string of the molecule is CC(=O)C(Br)c1ccc(O)c(O)c1. The zero-order chi connectivity index (χ0) is 10.0. The molecule has 0 heterocycles. The summed E-state index contributed by atoms with van der Waals surface area (Å²) in [6.45, 7) is 1.45. The van der Waals surface area contributed by atoms with Crippen molar-refractivity contribution in [3.05, 3.63) is 23.8 Å². The standard InChI is InChI=1S/C9H9BrO3/c1-5(11)9(10)6-2-3-7(12)8(13)4-6/h2-4,9,12-13H,1H3. The molecule has 0 fully saturated rings. The number of carbonyl (C=O) groups excluding carboxylic acids is 1. The average Bonchev–Trinajstić information content (AvgIpc) is 2.08. The lowest BCUT2D eigenvalue weighted by Crippen LogP contribution is -2.00. The Morgan fingerprint density at radius 3 is 2.46 bits per heavy atom. The second-order valence-corrected chi connectivity index (χ2v) is 3.64. The van der Waals surface area contributed by atoms with Gasteiger partial charge in [-0.25, -0.2) is 0 Å². The molecular weight excluding hydrogens is 236 g/mol. The molecule has 13 heavy (non-hydrogen) atoms. The number of phenolic OH excluding ortho intramolecular Hbond substituents is 2. The van der Waals surface area contributed by atoms with Gasteiger partial charge >= 0.3 is 0 Å². The molecule has 1 rings (SSSR count). The summed E-state index contributed by atoms with van der Waals surface area (Å²) in [6, 6.07) is 4.29. The van der Waals surface area contributed by atoms with Gasteiger partial charge < -0.3 is 10.2 Å². The van der Waals surface area contributed by atoms with Gasteiger partial charge in [-0.2, -0.15) is 0 Å². The molecule has 1 aromatic rings. The molecule has 0 aliphatic heterocycles. The first-order chi connectivity index (χ1) is 6.02. The summed E-state index contributed by atoms with van der Waals surface area (Å²) in [4.78, 5) is 10.5. The van der Waals surface area contributed by atoms with Gasteiger partial charge in [0.2, 0.25) is 0 Å². The van der Waals surface area contributed by atoms with E-state index in [0.717, 1.165) is 0 Å². The van der Waals surface area contributed by atoms with Gasteiger partial charge in [0.15, 0.2) is 11.5 Å². The summed E-state index contributed by atoms with van der Waals surface area (Å²) in [5.74, 6) is -0.458. The number of Topliss-reactive ketones (excluding diaryl/α,β-unsaturated/α-hetero) is 1. The zero-order valence-corrected chi connectivity index (χ0v) is 8.58. The maximum Gasteiger partial charge on any atom is 0.157 e. The zero-order valence-electron chi connectivity index (χ0n) is 6.99. The fraction of sp³-hybridized carbons (Fsp3) is 0.222. The van der Waals surface area contributed by atoms with Crippen LogP contribution < -0.4 is 0 Å². The van der Waals surface area contributed by atoms with Crippen LogP contribution in [0.4, 0.5) is 0 Å². The number of hydrogen-bond donors (Lipinski definition) is 2. The number of phenols is 2. The van der Waals surface area contributed by atoms with E-state index in [4.69, 9.17) is 10.2 Å². The van der Waals surface area contributed by atoms with Crippen LogP contribution in [0.2, 0.25) is 0 Å². The van der Waals surface area contributed by atoms with E-state index >= 15 is 0 Å². The second-order valence-electron chi connectivity index (χ2n) is 2.72. The summed E-state index contributed by atoms with van der Waals surface area (Å²) in [7, 11) is 0. The van der Waals surface area contributed by atoms with Crippen molar-refractivity contribution < 1.29 is 15.0 Å². The fourth-order valence-corrected chi connectivity index (χ4v) is 1.22. The van der Waals surface area contributed by atoms with E-state index in [2.05, 4.69) is 15.9 Å². The molecule has 0 saturated carbocycles. The largest absolute Gasteiger partial charge is 0.504 e. The van der Waals surface area contributed by atoms with E-state index in [1.54, 1.807) is 6.07 Å². The molecule has 0 aliphatic rings. The van der Waals surface area contributed by atoms with Crippen molar-refractivity contribution in [2.75, 3.05) is 0 Å². The van der Waals surface area contributed by atoms with Crippen LogP contribution in [-0.4, -0.2) is 16.0 Å². The number of alkyl halides is 1. The van der Waals surface area contributed by atoms with E-state index < -0.39 is 4.83 Å². The monoisotopic (exact) mass is 244 g/mol. The van der Waals surface area contributed by atoms with Gasteiger partial charge in [-0.05, 0) is 24.6 Å². The molecule has 0 spiro atoms. The summed E-state index contributed by atoms with van der Waals surface area (Å²) < 4.78 is 0. The van der Waals surface area contributed by atoms with Crippen LogP contribution >= 0.6 is 15.9 Å². The molecule has 0 aliphatic carbocycles. The predicted octanol–water partition coefficient (Wildman–Crippen LogP) is 2.12. The van der Waals surface area contributed by atoms with Gasteiger partial charge in [-0.1, -0.05) is 22.0 Å². The first-order valence-electron chi connectivity index (χ1n) is 3.68. The van der Waals surface area contributed by atoms with Gasteiger partial charge in [0.05, 0.1) is 4.83 Å². The van der Waals surface area contributed by atoms with E-state index in [-0.39, 0.29) is 17.3 Å². The highest BCUT2D eigenvalue weighted by Crippen LogP contribution is 2.31. The van der Waals surface area contributed by atoms with Crippen molar-refractivity contribution in [3.8, 4) is 11.5 Å². The molecule has 1 unspecified atom stereocenters. The Labute approximate surface area is 84.1 Å². The number of benzene rings is 1. The molecule has 1 atom stereocenters. The highest BCUT2D eigenvalue weighted by Gasteiger charge is 2.13. The van der Waals surface area contributed by atoms with Crippen molar-refractivity contribution in [2.45, 2.75) is 11.8 Å². The van der Waals surface area contributed by atoms with Crippen LogP contribution in [0.1, 0.15) is 17.3 Å². The number of hydrogen-bond acceptors (Lipinski definition) is 3. The molecule has 4 heteroatoms. The molecule has 0 radical (unpaired) electrons. The molecular formula is C9H9BrO3. The average molecular weight is 245 g/mol. The van der Waals surface area contributed by atoms with Gasteiger partial charge in [-0.3, -0.25) is 4.79 Å². The van der Waals surface area contributed by atoms with Crippen molar-refractivity contribution in [1.29, 1.82) is 0 Å². The maximum atomic E-state index is 10.9. The quantitative estimate of drug-likeness (QED) is 0.619. The van der Waals surface area contributed by atoms with E-state index in [0.29, 0.717) is 5.56 Å². The summed E-state index contributed by atoms with van der Waals surface area (Å²) in [5.41, 5.74) is 0.628. The molecule has 3 nitrogen and oxygen atoms in total. The predicted molar refractivity (Wildman–Crippen MR) is 52.1 cm³/mol. The molecule has 1 aromatic carbocycles. The van der Waals surface area contributed by atoms with Gasteiger partial charge in [0, 0.05) is 0 Å². The summed E-state index contributed by atoms with van der Waals surface area (Å²) in [5, 5.41) is 18.2. The Balaban J connectivity index is 3.03. The lowest BCUT2D eigenvalue weighted by atomic mass is 10.1. The number of ketones is 1. The topological polar surface area (TPSA) is 57.5 Å². The van der Waals surface area contributed by atoms with Crippen LogP contribution in [0.3, 0.4) is 0 Å². The Hall–Kier alpha value is -1.03. The highest BCUT2D eigenvalue weighted by molar-refractivity contribution is 9.09. The van der Waals surface area contributed by atoms with Crippen molar-refractivity contribution in [2.24, 2.45) is 0 Å². The number of carbonyl (C=O) groups is 1. The van der Waals surface area contributed by atoms with E-state index in [1.165, 1.54) is 19.1 Å². The third kappa shape index (κ3) is 2.21. The lowest BCUT2D eigenvalue weighted by molar-refractivity contribution is -0.116. The van der Waals surface area contributed by atoms with Crippen LogP contribution in [0, 0.1) is 0 Å². The molecule has 2 N–H and O–H groups in total. The number of rotatable bonds is 2. The Morgan fingerprint density at radius 1 is 1.38 bits per heavy atom. The van der Waals surface area contributed by atoms with Gasteiger partial charge in [0.25, 0.3) is 0 Å². The first-order valence-corrected chi connectivity index (χ1v) is 4.60. The Morgan fingerprint density at radius 2 is 2.00 bits per heavy atom. The fourth-order valence-electron chi connectivity index (χ4n) is 0.933. The minimum Gasteiger partial charge on any atom is -0.504 e.